The van der Waals surface area contributed by atoms with Crippen molar-refractivity contribution in [3.63, 3.8) is 0 Å². The van der Waals surface area contributed by atoms with Crippen LogP contribution in [0.2, 0.25) is 0 Å². The van der Waals surface area contributed by atoms with Gasteiger partial charge in [-0.3, -0.25) is 9.97 Å². The quantitative estimate of drug-likeness (QED) is 0.176. The Morgan fingerprint density at radius 1 is 0.517 bits per heavy atom. The number of hydrogen-bond acceptors (Lipinski definition) is 3. The summed E-state index contributed by atoms with van der Waals surface area (Å²) in [7, 11) is 0. The van der Waals surface area contributed by atoms with Gasteiger partial charge in [0.05, 0.1) is 17.3 Å². The van der Waals surface area contributed by atoms with Crippen LogP contribution in [-0.2, 0) is 11.8 Å². The number of fused-ring (bicyclic) bond motifs is 11. The second kappa shape index (κ2) is 12.5. The Morgan fingerprint density at radius 3 is 2.10 bits per heavy atom. The minimum absolute atomic E-state index is 0.268. The Kier molecular flexibility index (Phi) is 7.09. The average molecular weight is 745 g/mol. The van der Waals surface area contributed by atoms with Crippen LogP contribution in [0, 0.1) is 5.82 Å². The van der Waals surface area contributed by atoms with Crippen LogP contribution < -0.4 is 0 Å². The maximum Gasteiger partial charge on any atom is 0.144 e. The van der Waals surface area contributed by atoms with Gasteiger partial charge in [0.25, 0.3) is 0 Å². The van der Waals surface area contributed by atoms with Gasteiger partial charge in [-0.2, -0.15) is 0 Å². The highest BCUT2D eigenvalue weighted by atomic mass is 19.1. The van der Waals surface area contributed by atoms with E-state index in [1.165, 1.54) is 28.3 Å². The summed E-state index contributed by atoms with van der Waals surface area (Å²) >= 11 is 0. The molecule has 8 aromatic carbocycles. The molecule has 0 N–H and O–H groups in total. The summed E-state index contributed by atoms with van der Waals surface area (Å²) in [6.07, 6.45) is 6.07. The van der Waals surface area contributed by atoms with E-state index in [4.69, 9.17) is 4.42 Å². The number of rotatable bonds is 5. The third-order valence-electron chi connectivity index (χ3n) is 12.4. The maximum absolute atomic E-state index is 15.7. The van der Waals surface area contributed by atoms with Crippen LogP contribution in [0.15, 0.2) is 193 Å². The summed E-state index contributed by atoms with van der Waals surface area (Å²) in [6.45, 7) is 0. The van der Waals surface area contributed by atoms with E-state index >= 15 is 4.39 Å². The minimum Gasteiger partial charge on any atom is -0.455 e. The molecule has 12 rings (SSSR count). The number of nitrogens with zero attached hydrogens (tertiary/aromatic N) is 2. The monoisotopic (exact) mass is 744 g/mol. The Morgan fingerprint density at radius 2 is 1.26 bits per heavy atom. The minimum atomic E-state index is -0.856. The zero-order valence-electron chi connectivity index (χ0n) is 31.3. The Labute approximate surface area is 334 Å². The lowest BCUT2D eigenvalue weighted by atomic mass is 9.67. The fourth-order valence-corrected chi connectivity index (χ4v) is 9.98. The lowest BCUT2D eigenvalue weighted by Crippen LogP contribution is -2.28. The molecule has 10 aromatic rings. The highest BCUT2D eigenvalue weighted by molar-refractivity contribution is 6.20. The van der Waals surface area contributed by atoms with E-state index in [1.54, 1.807) is 24.7 Å². The maximum atomic E-state index is 15.7. The molecule has 0 fully saturated rings. The van der Waals surface area contributed by atoms with E-state index < -0.39 is 5.41 Å². The van der Waals surface area contributed by atoms with Gasteiger partial charge >= 0.3 is 0 Å². The molecule has 0 spiro atoms. The van der Waals surface area contributed by atoms with Gasteiger partial charge in [0.2, 0.25) is 0 Å². The van der Waals surface area contributed by atoms with E-state index in [9.17, 15) is 0 Å². The highest BCUT2D eigenvalue weighted by Crippen LogP contribution is 2.63. The Hall–Kier alpha value is -7.43. The summed E-state index contributed by atoms with van der Waals surface area (Å²) < 4.78 is 22.9. The second-order valence-electron chi connectivity index (χ2n) is 15.4. The van der Waals surface area contributed by atoms with Crippen molar-refractivity contribution in [2.24, 2.45) is 0 Å². The molecular formula is C54H33FN2O. The molecule has 0 amide bonds. The molecule has 1 atom stereocenters. The van der Waals surface area contributed by atoms with Gasteiger partial charge in [-0.1, -0.05) is 133 Å². The molecule has 2 heterocycles. The molecule has 0 aliphatic heterocycles. The van der Waals surface area contributed by atoms with Gasteiger partial charge in [0, 0.05) is 34.3 Å². The Balaban J connectivity index is 1.21. The fourth-order valence-electron chi connectivity index (χ4n) is 9.98. The number of furan rings is 1. The van der Waals surface area contributed by atoms with Gasteiger partial charge in [-0.05, 0) is 115 Å². The van der Waals surface area contributed by atoms with Crippen LogP contribution in [0.5, 0.6) is 0 Å². The molecule has 0 saturated heterocycles. The van der Waals surface area contributed by atoms with Crippen molar-refractivity contribution in [2.45, 2.75) is 11.8 Å². The van der Waals surface area contributed by atoms with E-state index in [0.717, 1.165) is 95.3 Å². The molecule has 58 heavy (non-hydrogen) atoms. The van der Waals surface area contributed by atoms with E-state index in [1.807, 2.05) is 12.1 Å². The first-order valence-electron chi connectivity index (χ1n) is 19.7. The number of halogens is 1. The van der Waals surface area contributed by atoms with Crippen molar-refractivity contribution in [2.75, 3.05) is 0 Å². The molecule has 1 unspecified atom stereocenters. The smallest absolute Gasteiger partial charge is 0.144 e. The standard InChI is InChI=1S/C54H33FN2O/c55-41-19-10-18-40(30-41)54(39-16-2-1-3-17-39)45-24-23-38-29-35-11-4-5-20-42(35)49(38)51(45)52-46(54)31-44(50-43-21-6-7-22-48(43)58-53(50)52)36-14-8-12-33(27-36)34-13-9-15-37(28-34)47-32-56-25-26-57-47/h1-28,30-32H,29H2. The van der Waals surface area contributed by atoms with Gasteiger partial charge in [0.15, 0.2) is 0 Å². The van der Waals surface area contributed by atoms with Crippen molar-refractivity contribution < 1.29 is 8.81 Å². The van der Waals surface area contributed by atoms with Crippen LogP contribution in [0.1, 0.15) is 33.4 Å². The second-order valence-corrected chi connectivity index (χ2v) is 15.4. The molecule has 3 nitrogen and oxygen atoms in total. The number of benzene rings is 8. The van der Waals surface area contributed by atoms with Gasteiger partial charge in [-0.15, -0.1) is 0 Å². The number of hydrogen-bond donors (Lipinski definition) is 0. The molecule has 0 radical (unpaired) electrons. The highest BCUT2D eigenvalue weighted by Gasteiger charge is 2.50. The predicted molar refractivity (Wildman–Crippen MR) is 231 cm³/mol. The SMILES string of the molecule is Fc1cccc(C2(c3ccccc3)c3ccc4c(c3-c3c2cc(-c2cccc(-c5cccc(-c6cnccn6)c5)c2)c2c3oc3ccccc32)-c2ccccc2C4)c1. The molecule has 2 aliphatic rings. The summed E-state index contributed by atoms with van der Waals surface area (Å²) in [5, 5.41) is 2.13. The van der Waals surface area contributed by atoms with Crippen LogP contribution in [0.3, 0.4) is 0 Å². The summed E-state index contributed by atoms with van der Waals surface area (Å²) in [6, 6.07) is 59.2. The topological polar surface area (TPSA) is 38.9 Å². The van der Waals surface area contributed by atoms with Gasteiger partial charge < -0.3 is 4.42 Å². The van der Waals surface area contributed by atoms with Crippen molar-refractivity contribution in [3.8, 4) is 55.8 Å². The first-order chi connectivity index (χ1) is 28.7. The summed E-state index contributed by atoms with van der Waals surface area (Å²) in [5.74, 6) is -0.268. The number of para-hydroxylation sites is 1. The zero-order chi connectivity index (χ0) is 38.4. The normalized spacial score (nSPS) is 15.0. The third kappa shape index (κ3) is 4.66. The van der Waals surface area contributed by atoms with E-state index in [0.29, 0.717) is 0 Å². The molecule has 4 heteroatoms. The van der Waals surface area contributed by atoms with Crippen LogP contribution in [0.4, 0.5) is 4.39 Å². The van der Waals surface area contributed by atoms with E-state index in [-0.39, 0.29) is 5.82 Å². The molecule has 2 aromatic heterocycles. The lowest BCUT2D eigenvalue weighted by Gasteiger charge is -2.34. The fraction of sp³-hybridized carbons (Fsp3) is 0.0370. The summed E-state index contributed by atoms with van der Waals surface area (Å²) in [4.78, 5) is 8.87. The molecule has 0 saturated carbocycles. The average Bonchev–Trinajstić information content (AvgIpc) is 3.95. The summed E-state index contributed by atoms with van der Waals surface area (Å²) in [5.41, 5.74) is 18.4. The van der Waals surface area contributed by atoms with Crippen molar-refractivity contribution in [3.05, 3.63) is 228 Å². The number of aromatic nitrogens is 2. The van der Waals surface area contributed by atoms with Crippen LogP contribution in [0.25, 0.3) is 77.7 Å². The van der Waals surface area contributed by atoms with Crippen LogP contribution >= 0.6 is 0 Å². The van der Waals surface area contributed by atoms with Gasteiger partial charge in [-0.25, -0.2) is 4.39 Å². The lowest BCUT2D eigenvalue weighted by molar-refractivity contribution is 0.620. The third-order valence-corrected chi connectivity index (χ3v) is 12.4. The molecular weight excluding hydrogens is 712 g/mol. The van der Waals surface area contributed by atoms with Gasteiger partial charge in [0.1, 0.15) is 17.0 Å². The Bertz CT molecular complexity index is 3280. The molecule has 272 valence electrons. The largest absolute Gasteiger partial charge is 0.455 e. The van der Waals surface area contributed by atoms with Crippen molar-refractivity contribution in [1.82, 2.24) is 9.97 Å². The van der Waals surface area contributed by atoms with Crippen LogP contribution in [-0.4, -0.2) is 9.97 Å². The molecule has 2 aliphatic carbocycles. The van der Waals surface area contributed by atoms with Crippen molar-refractivity contribution >= 4 is 21.9 Å². The van der Waals surface area contributed by atoms with E-state index in [2.05, 4.69) is 156 Å². The predicted octanol–water partition coefficient (Wildman–Crippen LogP) is 13.5. The first kappa shape index (κ1) is 32.8. The van der Waals surface area contributed by atoms with Crippen molar-refractivity contribution in [1.29, 1.82) is 0 Å². The zero-order valence-corrected chi connectivity index (χ0v) is 31.3. The molecule has 0 bridgehead atoms. The first-order valence-corrected chi connectivity index (χ1v) is 19.7.